The van der Waals surface area contributed by atoms with E-state index in [4.69, 9.17) is 4.74 Å². The van der Waals surface area contributed by atoms with Gasteiger partial charge in [-0.25, -0.2) is 13.8 Å². The van der Waals surface area contributed by atoms with Crippen LogP contribution in [0, 0.1) is 11.2 Å². The van der Waals surface area contributed by atoms with Crippen molar-refractivity contribution in [3.05, 3.63) is 41.6 Å². The minimum Gasteiger partial charge on any atom is -0.493 e. The Morgan fingerprint density at radius 2 is 2.21 bits per heavy atom. The van der Waals surface area contributed by atoms with Gasteiger partial charge in [-0.15, -0.1) is 10.2 Å². The van der Waals surface area contributed by atoms with Crippen molar-refractivity contribution >= 4 is 23.2 Å². The molecule has 1 N–H and O–H groups in total. The third-order valence-electron chi connectivity index (χ3n) is 5.49. The van der Waals surface area contributed by atoms with Crippen molar-refractivity contribution in [1.29, 1.82) is 0 Å². The average molecular weight is 396 g/mol. The van der Waals surface area contributed by atoms with Gasteiger partial charge in [-0.2, -0.15) is 0 Å². The van der Waals surface area contributed by atoms with Gasteiger partial charge in [-0.1, -0.05) is 13.8 Å². The van der Waals surface area contributed by atoms with E-state index in [0.717, 1.165) is 11.3 Å². The molecule has 29 heavy (non-hydrogen) atoms. The summed E-state index contributed by atoms with van der Waals surface area (Å²) in [7, 11) is 0. The van der Waals surface area contributed by atoms with E-state index in [0.29, 0.717) is 48.8 Å². The van der Waals surface area contributed by atoms with Gasteiger partial charge in [-0.3, -0.25) is 4.79 Å². The molecule has 0 saturated carbocycles. The highest BCUT2D eigenvalue weighted by Crippen LogP contribution is 2.35. The molecule has 1 fully saturated rings. The Labute approximate surface area is 166 Å². The molecule has 5 rings (SSSR count). The number of ether oxygens (including phenoxy) is 1. The molecule has 2 aliphatic heterocycles. The molecule has 0 aliphatic carbocycles. The maximum atomic E-state index is 14.4. The number of hydrogen-bond donors (Lipinski definition) is 1. The summed E-state index contributed by atoms with van der Waals surface area (Å²) in [6, 6.07) is 3.09. The Balaban J connectivity index is 1.46. The fourth-order valence-electron chi connectivity index (χ4n) is 4.10. The van der Waals surface area contributed by atoms with Gasteiger partial charge in [-0.05, 0) is 17.5 Å². The number of carbonyl (C=O) groups excluding carboxylic acids is 1. The zero-order valence-corrected chi connectivity index (χ0v) is 16.3. The Morgan fingerprint density at radius 1 is 1.34 bits per heavy atom. The molecule has 4 heterocycles. The Morgan fingerprint density at radius 3 is 3.00 bits per heavy atom. The number of hydrogen-bond acceptors (Lipinski definition) is 6. The predicted octanol–water partition coefficient (Wildman–Crippen LogP) is 2.57. The van der Waals surface area contributed by atoms with Gasteiger partial charge in [0.2, 0.25) is 11.9 Å². The van der Waals surface area contributed by atoms with Gasteiger partial charge < -0.3 is 15.0 Å². The van der Waals surface area contributed by atoms with E-state index in [9.17, 15) is 9.18 Å². The van der Waals surface area contributed by atoms with Crippen molar-refractivity contribution in [3.8, 4) is 5.75 Å². The molecular weight excluding hydrogens is 375 g/mol. The minimum absolute atomic E-state index is 0.0457. The lowest BCUT2D eigenvalue weighted by Crippen LogP contribution is -2.27. The summed E-state index contributed by atoms with van der Waals surface area (Å²) < 4.78 is 21.6. The number of carbonyl (C=O) groups is 1. The van der Waals surface area contributed by atoms with Crippen LogP contribution in [0.15, 0.2) is 24.7 Å². The first kappa shape index (κ1) is 17.8. The number of rotatable bonds is 4. The molecule has 0 radical (unpaired) electrons. The topological polar surface area (TPSA) is 84.7 Å². The van der Waals surface area contributed by atoms with Gasteiger partial charge in [0.1, 0.15) is 23.6 Å². The number of nitrogens with zero attached hydrogens (tertiary/aromatic N) is 5. The summed E-state index contributed by atoms with van der Waals surface area (Å²) in [5.41, 5.74) is 2.53. The average Bonchev–Trinajstić information content (AvgIpc) is 3.39. The second-order valence-electron chi connectivity index (χ2n) is 8.27. The lowest BCUT2D eigenvalue weighted by atomic mass is 9.93. The van der Waals surface area contributed by atoms with Crippen LogP contribution in [-0.4, -0.2) is 38.6 Å². The van der Waals surface area contributed by atoms with Crippen LogP contribution in [-0.2, 0) is 17.8 Å². The number of fused-ring (bicyclic) bond motifs is 2. The molecule has 2 aromatic heterocycles. The molecule has 1 saturated heterocycles. The van der Waals surface area contributed by atoms with Crippen molar-refractivity contribution in [2.75, 3.05) is 23.4 Å². The third-order valence-corrected chi connectivity index (χ3v) is 5.49. The predicted molar refractivity (Wildman–Crippen MR) is 104 cm³/mol. The van der Waals surface area contributed by atoms with E-state index < -0.39 is 0 Å². The molecule has 8 nitrogen and oxygen atoms in total. The van der Waals surface area contributed by atoms with Crippen LogP contribution in [0.25, 0.3) is 5.65 Å². The smallest absolute Gasteiger partial charge is 0.227 e. The van der Waals surface area contributed by atoms with Crippen LogP contribution in [0.3, 0.4) is 0 Å². The summed E-state index contributed by atoms with van der Waals surface area (Å²) in [5.74, 6) is 0.985. The monoisotopic (exact) mass is 396 g/mol. The van der Waals surface area contributed by atoms with E-state index in [-0.39, 0.29) is 23.7 Å². The molecule has 9 heteroatoms. The van der Waals surface area contributed by atoms with Crippen molar-refractivity contribution in [3.63, 3.8) is 0 Å². The summed E-state index contributed by atoms with van der Waals surface area (Å²) in [4.78, 5) is 18.6. The second kappa shape index (κ2) is 6.40. The van der Waals surface area contributed by atoms with E-state index in [1.807, 2.05) is 0 Å². The fourth-order valence-corrected chi connectivity index (χ4v) is 4.10. The first-order chi connectivity index (χ1) is 13.9. The van der Waals surface area contributed by atoms with Gasteiger partial charge in [0.25, 0.3) is 0 Å². The number of amides is 1. The van der Waals surface area contributed by atoms with Crippen molar-refractivity contribution in [2.45, 2.75) is 33.2 Å². The first-order valence-electron chi connectivity index (χ1n) is 9.59. The molecular formula is C20H21FN6O2. The van der Waals surface area contributed by atoms with Crippen LogP contribution >= 0.6 is 0 Å². The zero-order valence-electron chi connectivity index (χ0n) is 16.3. The lowest BCUT2D eigenvalue weighted by Gasteiger charge is -2.20. The lowest BCUT2D eigenvalue weighted by molar-refractivity contribution is -0.117. The largest absolute Gasteiger partial charge is 0.493 e. The van der Waals surface area contributed by atoms with Crippen molar-refractivity contribution < 1.29 is 13.9 Å². The molecule has 0 unspecified atom stereocenters. The molecule has 0 atom stereocenters. The van der Waals surface area contributed by atoms with E-state index in [1.54, 1.807) is 21.6 Å². The van der Waals surface area contributed by atoms with Gasteiger partial charge in [0.05, 0.1) is 12.8 Å². The second-order valence-corrected chi connectivity index (χ2v) is 8.27. The van der Waals surface area contributed by atoms with Crippen LogP contribution < -0.4 is 15.0 Å². The highest BCUT2D eigenvalue weighted by molar-refractivity contribution is 5.99. The maximum absolute atomic E-state index is 14.4. The van der Waals surface area contributed by atoms with Crippen LogP contribution in [0.4, 0.5) is 16.0 Å². The van der Waals surface area contributed by atoms with E-state index in [2.05, 4.69) is 34.3 Å². The molecule has 150 valence electrons. The summed E-state index contributed by atoms with van der Waals surface area (Å²) >= 11 is 0. The summed E-state index contributed by atoms with van der Waals surface area (Å²) in [5, 5.41) is 11.3. The molecule has 1 aromatic carbocycles. The number of aromatic nitrogens is 4. The quantitative estimate of drug-likeness (QED) is 0.730. The Hall–Kier alpha value is -3.23. The normalized spacial score (nSPS) is 17.6. The maximum Gasteiger partial charge on any atom is 0.227 e. The number of benzene rings is 1. The first-order valence-corrected chi connectivity index (χ1v) is 9.59. The highest BCUT2D eigenvalue weighted by Gasteiger charge is 2.37. The van der Waals surface area contributed by atoms with E-state index in [1.165, 1.54) is 12.4 Å². The number of anilines is 2. The molecule has 1 amide bonds. The Bertz CT molecular complexity index is 1130. The number of halogens is 1. The highest BCUT2D eigenvalue weighted by atomic mass is 19.1. The molecule has 2 aliphatic rings. The van der Waals surface area contributed by atoms with E-state index >= 15 is 0 Å². The van der Waals surface area contributed by atoms with Crippen LogP contribution in [0.2, 0.25) is 0 Å². The van der Waals surface area contributed by atoms with Crippen LogP contribution in [0.1, 0.15) is 31.4 Å². The molecule has 3 aromatic rings. The third kappa shape index (κ3) is 2.97. The molecule has 0 bridgehead atoms. The number of nitrogens with one attached hydrogen (secondary N) is 1. The summed E-state index contributed by atoms with van der Waals surface area (Å²) in [6.45, 7) is 5.55. The SMILES string of the molecule is CC1(C)CC(=O)N(c2cnc(NCc3c(F)ccc4c3CCO4)n3cnnc23)C1. The van der Waals surface area contributed by atoms with Crippen LogP contribution in [0.5, 0.6) is 5.75 Å². The minimum atomic E-state index is -0.275. The summed E-state index contributed by atoms with van der Waals surface area (Å²) in [6.07, 6.45) is 4.33. The van der Waals surface area contributed by atoms with Crippen molar-refractivity contribution in [1.82, 2.24) is 19.6 Å². The fraction of sp³-hybridized carbons (Fsp3) is 0.400. The molecule has 0 spiro atoms. The standard InChI is InChI=1S/C20H21FN6O2/c1-20(2)7-17(28)26(10-20)15-9-23-19(27-11-24-25-18(15)27)22-8-13-12-5-6-29-16(12)4-3-14(13)21/h3-4,9,11H,5-8,10H2,1-2H3,(H,22,23). The Kier molecular flexibility index (Phi) is 3.94. The zero-order chi connectivity index (χ0) is 20.2. The van der Waals surface area contributed by atoms with Crippen molar-refractivity contribution in [2.24, 2.45) is 5.41 Å². The van der Waals surface area contributed by atoms with Gasteiger partial charge >= 0.3 is 0 Å². The van der Waals surface area contributed by atoms with Gasteiger partial charge in [0, 0.05) is 37.1 Å². The van der Waals surface area contributed by atoms with Gasteiger partial charge in [0.15, 0.2) is 5.65 Å².